The minimum atomic E-state index is -3.62. The van der Waals surface area contributed by atoms with Crippen LogP contribution < -0.4 is 0 Å². The first-order valence-electron chi connectivity index (χ1n) is 16.5. The summed E-state index contributed by atoms with van der Waals surface area (Å²) < 4.78 is 56.9. The van der Waals surface area contributed by atoms with E-state index >= 15 is 0 Å². The quantitative estimate of drug-likeness (QED) is 0.140. The van der Waals surface area contributed by atoms with Gasteiger partial charge in [-0.2, -0.15) is 0 Å². The molecule has 0 aromatic heterocycles. The Kier molecular flexibility index (Phi) is 12.9. The molecule has 2 saturated heterocycles. The number of morpholine rings is 2. The van der Waals surface area contributed by atoms with Gasteiger partial charge in [0.15, 0.2) is 0 Å². The van der Waals surface area contributed by atoms with Crippen LogP contribution in [-0.4, -0.2) is 140 Å². The highest BCUT2D eigenvalue weighted by Crippen LogP contribution is 2.54. The molecular weight excluding hydrogens is 655 g/mol. The molecule has 2 fully saturated rings. The van der Waals surface area contributed by atoms with Crippen LogP contribution in [0.5, 0.6) is 0 Å². The van der Waals surface area contributed by atoms with Crippen molar-refractivity contribution in [2.75, 3.05) is 74.2 Å². The van der Waals surface area contributed by atoms with Crippen molar-refractivity contribution in [3.63, 3.8) is 0 Å². The van der Waals surface area contributed by atoms with Crippen molar-refractivity contribution >= 4 is 37.9 Å². The van der Waals surface area contributed by atoms with Gasteiger partial charge in [-0.1, -0.05) is 91.0 Å². The van der Waals surface area contributed by atoms with Crippen molar-refractivity contribution < 1.29 is 27.7 Å². The molecular formula is C34H46B3N4O6P2. The summed E-state index contributed by atoms with van der Waals surface area (Å²) in [5.41, 5.74) is 2.62. The van der Waals surface area contributed by atoms with Crippen LogP contribution in [0, 0.1) is 0 Å². The molecule has 2 aliphatic heterocycles. The third-order valence-corrected chi connectivity index (χ3v) is 13.8. The van der Waals surface area contributed by atoms with E-state index < -0.39 is 44.9 Å². The van der Waals surface area contributed by atoms with Crippen LogP contribution in [0.2, 0.25) is 0 Å². The van der Waals surface area contributed by atoms with E-state index in [0.29, 0.717) is 13.1 Å². The van der Waals surface area contributed by atoms with Gasteiger partial charge < -0.3 is 18.5 Å². The maximum atomic E-state index is 14.7. The Balaban J connectivity index is 1.43. The molecule has 5 rings (SSSR count). The smallest absolute Gasteiger partial charge is 0.345 e. The SMILES string of the molecule is [B][B][C@H]1CN(C(c2ccccc2)(c2ccccc2)c2ccccc2)C[C@@H](CO[P@@](=O)(N(C)C)N2C[C@@H](CO[P@@](C)(=O)N(C)C)O[C@@H]([B])C2)O1. The zero-order chi connectivity index (χ0) is 35.2. The van der Waals surface area contributed by atoms with Gasteiger partial charge in [-0.05, 0) is 44.9 Å². The lowest BCUT2D eigenvalue weighted by Gasteiger charge is -2.51. The summed E-state index contributed by atoms with van der Waals surface area (Å²) in [7, 11) is 14.2. The first-order valence-corrected chi connectivity index (χ1v) is 20.1. The van der Waals surface area contributed by atoms with Crippen LogP contribution in [0.3, 0.4) is 0 Å². The number of ether oxygens (including phenoxy) is 2. The lowest BCUT2D eigenvalue weighted by Crippen LogP contribution is -2.59. The molecule has 3 aromatic carbocycles. The predicted molar refractivity (Wildman–Crippen MR) is 197 cm³/mol. The number of rotatable bonds is 14. The van der Waals surface area contributed by atoms with Gasteiger partial charge in [0.05, 0.1) is 38.1 Å². The second-order valence-electron chi connectivity index (χ2n) is 13.0. The number of hydrogen-bond donors (Lipinski definition) is 0. The van der Waals surface area contributed by atoms with E-state index in [0.717, 1.165) is 16.7 Å². The van der Waals surface area contributed by atoms with Crippen molar-refractivity contribution in [3.05, 3.63) is 108 Å². The van der Waals surface area contributed by atoms with Crippen LogP contribution in [0.15, 0.2) is 91.0 Å². The highest BCUT2D eigenvalue weighted by Gasteiger charge is 2.47. The van der Waals surface area contributed by atoms with Crippen LogP contribution in [0.4, 0.5) is 0 Å². The number of nitrogens with zero attached hydrogens (tertiary/aromatic N) is 4. The summed E-state index contributed by atoms with van der Waals surface area (Å²) in [4.78, 5) is 2.39. The third-order valence-electron chi connectivity index (χ3n) is 9.15. The summed E-state index contributed by atoms with van der Waals surface area (Å²) in [6.45, 7) is 2.98. The molecule has 0 amide bonds. The van der Waals surface area contributed by atoms with Crippen molar-refractivity contribution in [1.82, 2.24) is 18.9 Å². The van der Waals surface area contributed by atoms with Gasteiger partial charge in [0.25, 0.3) is 7.52 Å². The molecule has 6 atom stereocenters. The average Bonchev–Trinajstić information content (AvgIpc) is 3.11. The fraction of sp³-hybridized carbons (Fsp3) is 0.471. The lowest BCUT2D eigenvalue weighted by atomic mass is 9.51. The van der Waals surface area contributed by atoms with Crippen LogP contribution >= 0.6 is 15.2 Å². The fourth-order valence-electron chi connectivity index (χ4n) is 6.54. The van der Waals surface area contributed by atoms with E-state index in [9.17, 15) is 9.13 Å². The summed E-state index contributed by atoms with van der Waals surface area (Å²) in [6.07, 6.45) is -1.04. The van der Waals surface area contributed by atoms with Crippen LogP contribution in [0.1, 0.15) is 16.7 Å². The molecule has 49 heavy (non-hydrogen) atoms. The zero-order valence-corrected chi connectivity index (χ0v) is 30.9. The lowest BCUT2D eigenvalue weighted by molar-refractivity contribution is -0.0907. The maximum absolute atomic E-state index is 14.7. The number of benzene rings is 3. The molecule has 3 aromatic rings. The molecule has 0 saturated carbocycles. The molecule has 0 unspecified atom stereocenters. The molecule has 257 valence electrons. The minimum absolute atomic E-state index is 0.0266. The topological polar surface area (TPSA) is 84.0 Å². The second-order valence-corrected chi connectivity index (χ2v) is 18.2. The third kappa shape index (κ3) is 8.56. The van der Waals surface area contributed by atoms with Gasteiger partial charge in [0, 0.05) is 52.6 Å². The molecule has 0 N–H and O–H groups in total. The average molecular weight is 701 g/mol. The number of hydrogen-bond acceptors (Lipinski definition) is 7. The Hall–Kier alpha value is -2.01. The van der Waals surface area contributed by atoms with Gasteiger partial charge in [0.2, 0.25) is 0 Å². The molecule has 10 nitrogen and oxygen atoms in total. The van der Waals surface area contributed by atoms with E-state index in [1.807, 2.05) is 18.2 Å². The zero-order valence-electron chi connectivity index (χ0n) is 29.1. The van der Waals surface area contributed by atoms with Crippen molar-refractivity contribution in [2.24, 2.45) is 0 Å². The second kappa shape index (κ2) is 16.6. The molecule has 2 heterocycles. The van der Waals surface area contributed by atoms with E-state index in [1.165, 1.54) is 0 Å². The first-order chi connectivity index (χ1) is 23.4. The predicted octanol–water partition coefficient (Wildman–Crippen LogP) is 4.08. The molecule has 0 spiro atoms. The van der Waals surface area contributed by atoms with Crippen molar-refractivity contribution in [2.45, 2.75) is 29.8 Å². The first kappa shape index (κ1) is 38.2. The maximum Gasteiger partial charge on any atom is 0.345 e. The van der Waals surface area contributed by atoms with Crippen LogP contribution in [0.25, 0.3) is 0 Å². The minimum Gasteiger partial charge on any atom is -0.380 e. The van der Waals surface area contributed by atoms with E-state index in [-0.39, 0.29) is 26.3 Å². The molecule has 5 radical (unpaired) electrons. The largest absolute Gasteiger partial charge is 0.380 e. The Morgan fingerprint density at radius 1 is 0.755 bits per heavy atom. The summed E-state index contributed by atoms with van der Waals surface area (Å²) >= 11 is 0. The Labute approximate surface area is 295 Å². The summed E-state index contributed by atoms with van der Waals surface area (Å²) in [5, 5.41) is 0. The van der Waals surface area contributed by atoms with E-state index in [1.54, 1.807) is 56.0 Å². The fourth-order valence-corrected chi connectivity index (χ4v) is 9.24. The van der Waals surface area contributed by atoms with Gasteiger partial charge in [0.1, 0.15) is 7.85 Å². The highest BCUT2D eigenvalue weighted by molar-refractivity contribution is 7.55. The van der Waals surface area contributed by atoms with E-state index in [2.05, 4.69) is 77.7 Å². The highest BCUT2D eigenvalue weighted by atomic mass is 31.2. The Morgan fingerprint density at radius 2 is 1.24 bits per heavy atom. The molecule has 15 heteroatoms. The van der Waals surface area contributed by atoms with E-state index in [4.69, 9.17) is 34.1 Å². The molecule has 0 bridgehead atoms. The van der Waals surface area contributed by atoms with Gasteiger partial charge >= 0.3 is 7.67 Å². The summed E-state index contributed by atoms with van der Waals surface area (Å²) in [6, 6.07) is 30.2. The normalized spacial score (nSPS) is 25.1. The monoisotopic (exact) mass is 701 g/mol. The Bertz CT molecular complexity index is 1480. The van der Waals surface area contributed by atoms with Gasteiger partial charge in [-0.15, -0.1) is 0 Å². The standard InChI is InChI=1S/C34H46B3N4O6P2/c1-38(2)48(5,42)44-25-31-22-41(23-32(35)46-31)49(43,39(3)4)45-26-30-21-40(24-33(37-36)47-30)34(27-15-9-6-10-16-27,28-17-11-7-12-18-28)29-19-13-8-14-20-29/h6-20,30-33H,21-26H2,1-5H3/t30-,31-,32+,33+,48+,49-/m0/s1. The summed E-state index contributed by atoms with van der Waals surface area (Å²) in [5.74, 6) is 0. The Morgan fingerprint density at radius 3 is 1.71 bits per heavy atom. The van der Waals surface area contributed by atoms with Crippen molar-refractivity contribution in [1.29, 1.82) is 0 Å². The van der Waals surface area contributed by atoms with Gasteiger partial charge in [-0.3, -0.25) is 14.0 Å². The molecule has 0 aliphatic carbocycles. The van der Waals surface area contributed by atoms with Crippen molar-refractivity contribution in [3.8, 4) is 0 Å². The van der Waals surface area contributed by atoms with Gasteiger partial charge in [-0.25, -0.2) is 14.0 Å². The molecule has 2 aliphatic rings. The van der Waals surface area contributed by atoms with Crippen LogP contribution in [-0.2, 0) is 33.2 Å².